The lowest BCUT2D eigenvalue weighted by atomic mass is 10.2. The Kier molecular flexibility index (Phi) is 5.28. The minimum Gasteiger partial charge on any atom is -0.491 e. The molecule has 0 heterocycles. The number of rotatable bonds is 4. The fraction of sp³-hybridized carbons (Fsp3) is 0.364. The van der Waals surface area contributed by atoms with Gasteiger partial charge in [-0.2, -0.15) is 0 Å². The Hall–Kier alpha value is -0.550. The molecule has 0 radical (unpaired) electrons. The molecule has 0 amide bonds. The summed E-state index contributed by atoms with van der Waals surface area (Å²) in [6.45, 7) is 2.23. The van der Waals surface area contributed by atoms with Gasteiger partial charge in [0.25, 0.3) is 0 Å². The third-order valence-corrected chi connectivity index (χ3v) is 3.19. The summed E-state index contributed by atoms with van der Waals surface area (Å²) in [5.74, 6) is 0.363. The molecule has 0 aliphatic heterocycles. The Balaban J connectivity index is 2.58. The van der Waals surface area contributed by atoms with Gasteiger partial charge in [0.05, 0.1) is 11.6 Å². The van der Waals surface area contributed by atoms with Crippen LogP contribution in [0, 0.1) is 6.92 Å². The van der Waals surface area contributed by atoms with E-state index in [4.69, 9.17) is 4.74 Å². The quantitative estimate of drug-likeness (QED) is 0.617. The molecule has 1 aromatic rings. The first kappa shape index (κ1) is 13.5. The van der Waals surface area contributed by atoms with Crippen LogP contribution < -0.4 is 4.74 Å². The van der Waals surface area contributed by atoms with E-state index in [0.717, 1.165) is 10.0 Å². The lowest BCUT2D eigenvalue weighted by Gasteiger charge is -2.11. The molecule has 0 N–H and O–H groups in total. The molecule has 3 nitrogen and oxygen atoms in total. The molecule has 0 aliphatic carbocycles. The van der Waals surface area contributed by atoms with Crippen molar-refractivity contribution in [3.63, 3.8) is 0 Å². The number of esters is 1. The molecule has 88 valence electrons. The number of carbonyl (C=O) groups excluding carboxylic acids is 1. The Morgan fingerprint density at radius 2 is 2.19 bits per heavy atom. The van der Waals surface area contributed by atoms with Crippen LogP contribution in [0.3, 0.4) is 0 Å². The van der Waals surface area contributed by atoms with Crippen LogP contribution >= 0.6 is 31.9 Å². The Morgan fingerprint density at radius 3 is 2.75 bits per heavy atom. The molecular formula is C11H12Br2O3. The molecule has 0 saturated heterocycles. The van der Waals surface area contributed by atoms with Crippen LogP contribution in [-0.4, -0.2) is 24.5 Å². The van der Waals surface area contributed by atoms with Gasteiger partial charge >= 0.3 is 5.97 Å². The minimum atomic E-state index is -0.453. The number of benzene rings is 1. The van der Waals surface area contributed by atoms with Gasteiger partial charge in [0, 0.05) is 0 Å². The van der Waals surface area contributed by atoms with E-state index in [1.54, 1.807) is 0 Å². The van der Waals surface area contributed by atoms with Crippen molar-refractivity contribution in [3.05, 3.63) is 28.2 Å². The fourth-order valence-corrected chi connectivity index (χ4v) is 2.01. The number of methoxy groups -OCH3 is 1. The molecule has 1 rings (SSSR count). The monoisotopic (exact) mass is 350 g/mol. The summed E-state index contributed by atoms with van der Waals surface area (Å²) in [6, 6.07) is 5.76. The predicted octanol–water partition coefficient (Wildman–Crippen LogP) is 3.07. The van der Waals surface area contributed by atoms with Crippen molar-refractivity contribution in [3.8, 4) is 5.75 Å². The Bertz CT molecular complexity index is 379. The first-order chi connectivity index (χ1) is 7.54. The summed E-state index contributed by atoms with van der Waals surface area (Å²) in [5, 5.41) is 0. The zero-order valence-corrected chi connectivity index (χ0v) is 12.2. The maximum absolute atomic E-state index is 11.1. The number of aryl methyl sites for hydroxylation is 1. The molecule has 5 heteroatoms. The van der Waals surface area contributed by atoms with Crippen LogP contribution in [0.25, 0.3) is 0 Å². The van der Waals surface area contributed by atoms with Gasteiger partial charge in [0.2, 0.25) is 0 Å². The van der Waals surface area contributed by atoms with Gasteiger partial charge in [-0.25, -0.2) is 0 Å². The molecule has 1 unspecified atom stereocenters. The molecule has 16 heavy (non-hydrogen) atoms. The third kappa shape index (κ3) is 3.79. The Morgan fingerprint density at radius 1 is 1.50 bits per heavy atom. The maximum atomic E-state index is 11.1. The van der Waals surface area contributed by atoms with Gasteiger partial charge in [0.15, 0.2) is 0 Å². The first-order valence-electron chi connectivity index (χ1n) is 4.65. The molecule has 1 atom stereocenters. The van der Waals surface area contributed by atoms with Crippen molar-refractivity contribution < 1.29 is 14.3 Å². The van der Waals surface area contributed by atoms with Crippen LogP contribution in [0.15, 0.2) is 22.7 Å². The number of hydrogen-bond acceptors (Lipinski definition) is 3. The van der Waals surface area contributed by atoms with E-state index in [1.807, 2.05) is 25.1 Å². The van der Waals surface area contributed by atoms with E-state index in [-0.39, 0.29) is 12.6 Å². The van der Waals surface area contributed by atoms with Gasteiger partial charge in [-0.3, -0.25) is 4.79 Å². The van der Waals surface area contributed by atoms with Gasteiger partial charge in [0.1, 0.15) is 17.2 Å². The molecule has 0 aromatic heterocycles. The zero-order chi connectivity index (χ0) is 12.1. The van der Waals surface area contributed by atoms with Crippen LogP contribution in [0.2, 0.25) is 0 Å². The topological polar surface area (TPSA) is 35.5 Å². The van der Waals surface area contributed by atoms with Crippen LogP contribution in [0.4, 0.5) is 0 Å². The third-order valence-electron chi connectivity index (χ3n) is 1.93. The molecule has 1 aromatic carbocycles. The predicted molar refractivity (Wildman–Crippen MR) is 69.1 cm³/mol. The van der Waals surface area contributed by atoms with Crippen molar-refractivity contribution in [2.75, 3.05) is 13.7 Å². The summed E-state index contributed by atoms with van der Waals surface area (Å²) in [6.07, 6.45) is 0. The number of halogens is 2. The highest BCUT2D eigenvalue weighted by Crippen LogP contribution is 2.26. The second-order valence-electron chi connectivity index (χ2n) is 3.24. The molecule has 0 saturated carbocycles. The summed E-state index contributed by atoms with van der Waals surface area (Å²) >= 11 is 6.58. The second kappa shape index (κ2) is 6.25. The zero-order valence-electron chi connectivity index (χ0n) is 9.00. The van der Waals surface area contributed by atoms with Crippen molar-refractivity contribution >= 4 is 37.8 Å². The van der Waals surface area contributed by atoms with E-state index in [0.29, 0.717) is 5.75 Å². The minimum absolute atomic E-state index is 0.230. The van der Waals surface area contributed by atoms with E-state index in [2.05, 4.69) is 36.6 Å². The van der Waals surface area contributed by atoms with Crippen molar-refractivity contribution in [2.45, 2.75) is 11.8 Å². The number of ether oxygens (including phenoxy) is 2. The van der Waals surface area contributed by atoms with E-state index >= 15 is 0 Å². The standard InChI is InChI=1S/C11H12Br2O3/c1-7-3-4-10(8(12)5-7)16-6-9(13)11(14)15-2/h3-5,9H,6H2,1-2H3. The first-order valence-corrected chi connectivity index (χ1v) is 6.36. The van der Waals surface area contributed by atoms with E-state index in [9.17, 15) is 4.79 Å². The average molecular weight is 352 g/mol. The Labute approximate surface area is 111 Å². The molecule has 0 aliphatic rings. The molecule has 0 spiro atoms. The second-order valence-corrected chi connectivity index (χ2v) is 5.20. The molecular weight excluding hydrogens is 340 g/mol. The van der Waals surface area contributed by atoms with Gasteiger partial charge in [-0.1, -0.05) is 22.0 Å². The van der Waals surface area contributed by atoms with Crippen molar-refractivity contribution in [1.82, 2.24) is 0 Å². The van der Waals surface area contributed by atoms with Crippen LogP contribution in [0.1, 0.15) is 5.56 Å². The van der Waals surface area contributed by atoms with Gasteiger partial charge in [-0.15, -0.1) is 0 Å². The highest BCUT2D eigenvalue weighted by atomic mass is 79.9. The molecule has 0 fully saturated rings. The normalized spacial score (nSPS) is 12.0. The molecule has 0 bridgehead atoms. The van der Waals surface area contributed by atoms with Crippen LogP contribution in [0.5, 0.6) is 5.75 Å². The van der Waals surface area contributed by atoms with Gasteiger partial charge in [-0.05, 0) is 40.5 Å². The van der Waals surface area contributed by atoms with Crippen molar-refractivity contribution in [1.29, 1.82) is 0 Å². The fourth-order valence-electron chi connectivity index (χ4n) is 1.08. The highest BCUT2D eigenvalue weighted by molar-refractivity contribution is 9.10. The van der Waals surface area contributed by atoms with Gasteiger partial charge < -0.3 is 9.47 Å². The van der Waals surface area contributed by atoms with Crippen LogP contribution in [-0.2, 0) is 9.53 Å². The summed E-state index contributed by atoms with van der Waals surface area (Å²) in [4.78, 5) is 10.7. The maximum Gasteiger partial charge on any atom is 0.322 e. The largest absolute Gasteiger partial charge is 0.491 e. The number of alkyl halides is 1. The lowest BCUT2D eigenvalue weighted by Crippen LogP contribution is -2.23. The lowest BCUT2D eigenvalue weighted by molar-refractivity contribution is -0.140. The average Bonchev–Trinajstić information content (AvgIpc) is 2.26. The van der Waals surface area contributed by atoms with Crippen molar-refractivity contribution in [2.24, 2.45) is 0 Å². The van der Waals surface area contributed by atoms with E-state index in [1.165, 1.54) is 7.11 Å². The summed E-state index contributed by atoms with van der Waals surface area (Å²) in [7, 11) is 1.35. The summed E-state index contributed by atoms with van der Waals surface area (Å²) < 4.78 is 10.9. The SMILES string of the molecule is COC(=O)C(Br)COc1ccc(C)cc1Br. The van der Waals surface area contributed by atoms with E-state index < -0.39 is 4.83 Å². The number of carbonyl (C=O) groups is 1. The smallest absolute Gasteiger partial charge is 0.322 e. The summed E-state index contributed by atoms with van der Waals surface area (Å²) in [5.41, 5.74) is 1.14. The number of hydrogen-bond donors (Lipinski definition) is 0. The highest BCUT2D eigenvalue weighted by Gasteiger charge is 2.16.